The lowest BCUT2D eigenvalue weighted by molar-refractivity contribution is -0.121. The van der Waals surface area contributed by atoms with Crippen LogP contribution >= 0.6 is 33.2 Å². The second kappa shape index (κ2) is 8.96. The molecule has 0 aromatic heterocycles. The zero-order chi connectivity index (χ0) is 15.1. The van der Waals surface area contributed by atoms with Gasteiger partial charge >= 0.3 is 0 Å². The summed E-state index contributed by atoms with van der Waals surface area (Å²) in [5.74, 6) is 1.43. The summed E-state index contributed by atoms with van der Waals surface area (Å²) >= 11 is 5.87. The summed E-state index contributed by atoms with van der Waals surface area (Å²) < 4.78 is 0. The van der Waals surface area contributed by atoms with Crippen molar-refractivity contribution >= 4 is 39.1 Å². The lowest BCUT2D eigenvalue weighted by atomic mass is 10.1. The van der Waals surface area contributed by atoms with Crippen LogP contribution in [0.15, 0.2) is 24.3 Å². The van der Waals surface area contributed by atoms with E-state index >= 15 is 0 Å². The lowest BCUT2D eigenvalue weighted by Crippen LogP contribution is -2.26. The second-order valence-electron chi connectivity index (χ2n) is 5.42. The number of nitrogens with one attached hydrogen (secondary N) is 1. The van der Waals surface area contributed by atoms with Crippen LogP contribution < -0.4 is 5.32 Å². The number of hydrogen-bond acceptors (Lipinski definition) is 3. The van der Waals surface area contributed by atoms with E-state index in [1.807, 2.05) is 52.8 Å². The standard InChI is InChI=1S/C16H22ClNOS2/c1-12(13-6-8-14(17)9-7-13)18-16(19)5-3-2-4-15-10-11-20-21-15/h6-9,12,15H,2-5,10-11H2,1H3,(H,18,19). The van der Waals surface area contributed by atoms with Crippen molar-refractivity contribution in [2.24, 2.45) is 0 Å². The molecule has 1 aliphatic heterocycles. The van der Waals surface area contributed by atoms with E-state index in [0.29, 0.717) is 6.42 Å². The van der Waals surface area contributed by atoms with Crippen LogP contribution in [0.2, 0.25) is 5.02 Å². The van der Waals surface area contributed by atoms with Crippen LogP contribution in [0.25, 0.3) is 0 Å². The van der Waals surface area contributed by atoms with Crippen LogP contribution in [-0.2, 0) is 4.79 Å². The Hall–Kier alpha value is -0.320. The van der Waals surface area contributed by atoms with Gasteiger partial charge in [0.25, 0.3) is 0 Å². The quantitative estimate of drug-likeness (QED) is 0.542. The maximum absolute atomic E-state index is 11.9. The number of benzene rings is 1. The molecule has 1 aliphatic rings. The zero-order valence-corrected chi connectivity index (χ0v) is 14.7. The molecule has 2 nitrogen and oxygen atoms in total. The fourth-order valence-electron chi connectivity index (χ4n) is 2.37. The molecule has 1 N–H and O–H groups in total. The highest BCUT2D eigenvalue weighted by Gasteiger charge is 2.16. The molecule has 21 heavy (non-hydrogen) atoms. The van der Waals surface area contributed by atoms with Crippen molar-refractivity contribution in [2.75, 3.05) is 5.75 Å². The summed E-state index contributed by atoms with van der Waals surface area (Å²) in [6.45, 7) is 2.01. The third-order valence-corrected chi connectivity index (χ3v) is 6.91. The Balaban J connectivity index is 1.63. The lowest BCUT2D eigenvalue weighted by Gasteiger charge is -2.14. The van der Waals surface area contributed by atoms with E-state index in [-0.39, 0.29) is 11.9 Å². The SMILES string of the molecule is CC(NC(=O)CCCCC1CCSS1)c1ccc(Cl)cc1. The van der Waals surface area contributed by atoms with Gasteiger partial charge in [0, 0.05) is 22.4 Å². The van der Waals surface area contributed by atoms with Crippen LogP contribution in [0, 0.1) is 0 Å². The first kappa shape index (κ1) is 17.0. The van der Waals surface area contributed by atoms with E-state index in [2.05, 4.69) is 5.32 Å². The molecule has 0 aliphatic carbocycles. The van der Waals surface area contributed by atoms with Crippen molar-refractivity contribution in [2.45, 2.75) is 50.3 Å². The molecule has 2 atom stereocenters. The molecule has 1 aromatic rings. The second-order valence-corrected chi connectivity index (χ2v) is 8.64. The summed E-state index contributed by atoms with van der Waals surface area (Å²) in [5.41, 5.74) is 1.09. The Labute approximate surface area is 140 Å². The Morgan fingerprint density at radius 2 is 2.14 bits per heavy atom. The normalized spacial score (nSPS) is 19.4. The van der Waals surface area contributed by atoms with Crippen molar-refractivity contribution in [3.63, 3.8) is 0 Å². The molecule has 1 heterocycles. The van der Waals surface area contributed by atoms with Gasteiger partial charge in [-0.3, -0.25) is 4.79 Å². The highest BCUT2D eigenvalue weighted by molar-refractivity contribution is 8.77. The Bertz CT molecular complexity index is 446. The molecule has 1 aromatic carbocycles. The van der Waals surface area contributed by atoms with Gasteiger partial charge in [-0.25, -0.2) is 0 Å². The summed E-state index contributed by atoms with van der Waals surface area (Å²) in [5, 5.41) is 4.59. The summed E-state index contributed by atoms with van der Waals surface area (Å²) in [4.78, 5) is 11.9. The number of halogens is 1. The molecular weight excluding hydrogens is 322 g/mol. The number of unbranched alkanes of at least 4 members (excludes halogenated alkanes) is 1. The highest BCUT2D eigenvalue weighted by Crippen LogP contribution is 2.39. The van der Waals surface area contributed by atoms with E-state index in [4.69, 9.17) is 11.6 Å². The third kappa shape index (κ3) is 6.13. The van der Waals surface area contributed by atoms with E-state index < -0.39 is 0 Å². The smallest absolute Gasteiger partial charge is 0.220 e. The van der Waals surface area contributed by atoms with Crippen LogP contribution in [0.5, 0.6) is 0 Å². The minimum atomic E-state index is 0.0385. The fraction of sp³-hybridized carbons (Fsp3) is 0.562. The average molecular weight is 344 g/mol. The Morgan fingerprint density at radius 1 is 1.38 bits per heavy atom. The molecule has 1 saturated heterocycles. The van der Waals surface area contributed by atoms with Gasteiger partial charge in [0.2, 0.25) is 5.91 Å². The van der Waals surface area contributed by atoms with E-state index in [1.165, 1.54) is 18.6 Å². The van der Waals surface area contributed by atoms with Crippen molar-refractivity contribution < 1.29 is 4.79 Å². The topological polar surface area (TPSA) is 29.1 Å². The number of carbonyl (C=O) groups is 1. The molecule has 0 radical (unpaired) electrons. The predicted octanol–water partition coefficient (Wildman–Crippen LogP) is 5.23. The zero-order valence-electron chi connectivity index (χ0n) is 12.3. The summed E-state index contributed by atoms with van der Waals surface area (Å²) in [6, 6.07) is 7.68. The number of rotatable bonds is 7. The highest BCUT2D eigenvalue weighted by atomic mass is 35.5. The maximum atomic E-state index is 11.9. The van der Waals surface area contributed by atoms with Crippen LogP contribution in [-0.4, -0.2) is 16.9 Å². The molecule has 1 fully saturated rings. The van der Waals surface area contributed by atoms with Crippen molar-refractivity contribution in [1.82, 2.24) is 5.32 Å². The Kier molecular flexibility index (Phi) is 7.27. The number of carbonyl (C=O) groups excluding carboxylic acids is 1. The molecule has 2 unspecified atom stereocenters. The summed E-state index contributed by atoms with van der Waals surface area (Å²) in [7, 11) is 4.00. The van der Waals surface area contributed by atoms with Crippen LogP contribution in [0.3, 0.4) is 0 Å². The van der Waals surface area contributed by atoms with Gasteiger partial charge in [0.05, 0.1) is 6.04 Å². The van der Waals surface area contributed by atoms with E-state index in [1.54, 1.807) is 0 Å². The van der Waals surface area contributed by atoms with Gasteiger partial charge in [0.1, 0.15) is 0 Å². The predicted molar refractivity (Wildman–Crippen MR) is 94.9 cm³/mol. The van der Waals surface area contributed by atoms with Crippen LogP contribution in [0.1, 0.15) is 50.6 Å². The molecule has 0 bridgehead atoms. The van der Waals surface area contributed by atoms with Gasteiger partial charge in [-0.2, -0.15) is 0 Å². The molecule has 1 amide bonds. The minimum Gasteiger partial charge on any atom is -0.350 e. The van der Waals surface area contributed by atoms with Crippen LogP contribution in [0.4, 0.5) is 0 Å². The molecule has 2 rings (SSSR count). The molecule has 0 spiro atoms. The minimum absolute atomic E-state index is 0.0385. The van der Waals surface area contributed by atoms with Gasteiger partial charge in [-0.15, -0.1) is 0 Å². The van der Waals surface area contributed by atoms with Crippen molar-refractivity contribution in [3.05, 3.63) is 34.9 Å². The third-order valence-electron chi connectivity index (χ3n) is 3.65. The molecular formula is C16H22ClNOS2. The van der Waals surface area contributed by atoms with Crippen molar-refractivity contribution in [3.8, 4) is 0 Å². The Morgan fingerprint density at radius 3 is 2.81 bits per heavy atom. The average Bonchev–Trinajstić information content (AvgIpc) is 2.97. The molecule has 0 saturated carbocycles. The van der Waals surface area contributed by atoms with Crippen molar-refractivity contribution in [1.29, 1.82) is 0 Å². The first-order valence-corrected chi connectivity index (χ1v) is 10.2. The molecule has 5 heteroatoms. The van der Waals surface area contributed by atoms with Gasteiger partial charge in [-0.1, -0.05) is 51.7 Å². The number of amides is 1. The largest absolute Gasteiger partial charge is 0.350 e. The van der Waals surface area contributed by atoms with Gasteiger partial charge in [-0.05, 0) is 43.9 Å². The fourth-order valence-corrected chi connectivity index (χ4v) is 5.52. The van der Waals surface area contributed by atoms with Gasteiger partial charge < -0.3 is 5.32 Å². The first-order valence-electron chi connectivity index (χ1n) is 7.48. The van der Waals surface area contributed by atoms with E-state index in [0.717, 1.165) is 28.7 Å². The maximum Gasteiger partial charge on any atom is 0.220 e. The van der Waals surface area contributed by atoms with Gasteiger partial charge in [0.15, 0.2) is 0 Å². The first-order chi connectivity index (χ1) is 10.1. The molecule has 116 valence electrons. The van der Waals surface area contributed by atoms with E-state index in [9.17, 15) is 4.79 Å². The number of hydrogen-bond donors (Lipinski definition) is 1. The monoisotopic (exact) mass is 343 g/mol. The summed E-state index contributed by atoms with van der Waals surface area (Å²) in [6.07, 6.45) is 5.34.